The molecule has 1 unspecified atom stereocenters. The van der Waals surface area contributed by atoms with Gasteiger partial charge in [-0.1, -0.05) is 30.3 Å². The molecule has 0 aliphatic carbocycles. The first kappa shape index (κ1) is 17.5. The van der Waals surface area contributed by atoms with Gasteiger partial charge in [-0.05, 0) is 43.7 Å². The fourth-order valence-corrected chi connectivity index (χ4v) is 2.88. The lowest BCUT2D eigenvalue weighted by atomic mass is 10.0. The molecule has 132 valence electrons. The van der Waals surface area contributed by atoms with Gasteiger partial charge in [0.2, 0.25) is 5.91 Å². The minimum absolute atomic E-state index is 0.0425. The number of amides is 2. The highest BCUT2D eigenvalue weighted by molar-refractivity contribution is 6.28. The molecule has 1 aliphatic heterocycles. The van der Waals surface area contributed by atoms with Crippen molar-refractivity contribution in [3.8, 4) is 0 Å². The number of rotatable bonds is 5. The first-order valence-corrected chi connectivity index (χ1v) is 8.29. The molecule has 0 saturated heterocycles. The zero-order valence-electron chi connectivity index (χ0n) is 14.6. The van der Waals surface area contributed by atoms with Gasteiger partial charge in [-0.15, -0.1) is 0 Å². The van der Waals surface area contributed by atoms with Crippen LogP contribution in [0.3, 0.4) is 0 Å². The smallest absolute Gasteiger partial charge is 0.265 e. The van der Waals surface area contributed by atoms with E-state index in [-0.39, 0.29) is 11.7 Å². The summed E-state index contributed by atoms with van der Waals surface area (Å²) in [5.74, 6) is -1.74. The summed E-state index contributed by atoms with van der Waals surface area (Å²) in [7, 11) is 0. The number of hydrazone groups is 1. The van der Waals surface area contributed by atoms with Gasteiger partial charge in [-0.25, -0.2) is 0 Å². The van der Waals surface area contributed by atoms with Gasteiger partial charge < -0.3 is 5.32 Å². The lowest BCUT2D eigenvalue weighted by Gasteiger charge is -2.14. The van der Waals surface area contributed by atoms with Gasteiger partial charge in [-0.3, -0.25) is 14.4 Å². The lowest BCUT2D eigenvalue weighted by molar-refractivity contribution is -0.127. The molecular weight excluding hydrogens is 330 g/mol. The highest BCUT2D eigenvalue weighted by Crippen LogP contribution is 2.24. The molecule has 0 aromatic heterocycles. The molecule has 1 aliphatic rings. The van der Waals surface area contributed by atoms with Crippen molar-refractivity contribution in [3.63, 3.8) is 0 Å². The maximum absolute atomic E-state index is 12.7. The summed E-state index contributed by atoms with van der Waals surface area (Å²) in [6.07, 6.45) is 0.300. The Morgan fingerprint density at radius 3 is 2.54 bits per heavy atom. The molecule has 2 aromatic rings. The fourth-order valence-electron chi connectivity index (χ4n) is 2.88. The summed E-state index contributed by atoms with van der Waals surface area (Å²) in [5, 5.41) is 8.24. The van der Waals surface area contributed by atoms with E-state index in [1.54, 1.807) is 49.4 Å². The summed E-state index contributed by atoms with van der Waals surface area (Å²) in [4.78, 5) is 36.6. The number of hydrogen-bond donors (Lipinski definition) is 1. The Kier molecular flexibility index (Phi) is 4.93. The van der Waals surface area contributed by atoms with E-state index in [0.29, 0.717) is 23.5 Å². The summed E-state index contributed by atoms with van der Waals surface area (Å²) in [5.41, 5.74) is 2.42. The van der Waals surface area contributed by atoms with Crippen molar-refractivity contribution in [1.82, 2.24) is 0 Å². The number of Topliss-reactive ketones (excluding diaryl/α,β-unsaturated/α-hetero) is 1. The van der Waals surface area contributed by atoms with Crippen molar-refractivity contribution in [3.05, 3.63) is 60.2 Å². The molecule has 1 heterocycles. The Labute approximate surface area is 151 Å². The summed E-state index contributed by atoms with van der Waals surface area (Å²) >= 11 is 0. The van der Waals surface area contributed by atoms with Crippen LogP contribution in [0.25, 0.3) is 0 Å². The number of para-hydroxylation sites is 1. The Morgan fingerprint density at radius 2 is 1.85 bits per heavy atom. The van der Waals surface area contributed by atoms with Crippen molar-refractivity contribution in [2.45, 2.75) is 20.3 Å². The number of carbonyl (C=O) groups is 3. The molecule has 6 heteroatoms. The first-order chi connectivity index (χ1) is 12.5. The zero-order chi connectivity index (χ0) is 18.7. The second-order valence-corrected chi connectivity index (χ2v) is 6.23. The molecule has 0 spiro atoms. The van der Waals surface area contributed by atoms with Crippen LogP contribution in [-0.2, 0) is 20.8 Å². The van der Waals surface area contributed by atoms with Gasteiger partial charge in [0, 0.05) is 12.1 Å². The van der Waals surface area contributed by atoms with Gasteiger partial charge in [0.25, 0.3) is 5.91 Å². The topological polar surface area (TPSA) is 78.8 Å². The van der Waals surface area contributed by atoms with E-state index in [1.165, 1.54) is 11.9 Å². The van der Waals surface area contributed by atoms with E-state index in [2.05, 4.69) is 10.4 Å². The monoisotopic (exact) mass is 349 g/mol. The van der Waals surface area contributed by atoms with Crippen LogP contribution < -0.4 is 10.3 Å². The minimum Gasteiger partial charge on any atom is -0.325 e. The van der Waals surface area contributed by atoms with Gasteiger partial charge in [-0.2, -0.15) is 10.1 Å². The van der Waals surface area contributed by atoms with Crippen LogP contribution in [0.15, 0.2) is 59.7 Å². The van der Waals surface area contributed by atoms with Gasteiger partial charge in [0.15, 0.2) is 5.92 Å². The summed E-state index contributed by atoms with van der Waals surface area (Å²) in [6, 6.07) is 16.0. The largest absolute Gasteiger partial charge is 0.325 e. The maximum Gasteiger partial charge on any atom is 0.265 e. The Morgan fingerprint density at radius 1 is 1.12 bits per heavy atom. The fraction of sp³-hybridized carbons (Fsp3) is 0.200. The molecule has 2 amide bonds. The van der Waals surface area contributed by atoms with Crippen LogP contribution in [0, 0.1) is 5.92 Å². The van der Waals surface area contributed by atoms with Crippen LogP contribution in [0.2, 0.25) is 0 Å². The Hall–Kier alpha value is -3.28. The van der Waals surface area contributed by atoms with Crippen molar-refractivity contribution in [2.24, 2.45) is 11.0 Å². The summed E-state index contributed by atoms with van der Waals surface area (Å²) in [6.45, 7) is 3.18. The van der Waals surface area contributed by atoms with Gasteiger partial charge in [0.05, 0.1) is 11.4 Å². The number of anilines is 2. The average Bonchev–Trinajstić information content (AvgIpc) is 2.90. The normalized spacial score (nSPS) is 16.4. The Balaban J connectivity index is 1.75. The SMILES string of the molecule is CC(=O)Cc1cccc(NC(=O)C2C(=O)N(c3ccccc3)N=C2C)c1. The standard InChI is InChI=1S/C20H19N3O3/c1-13(24)11-15-7-6-8-16(12-15)21-19(25)18-14(2)22-23(20(18)26)17-9-4-3-5-10-17/h3-10,12,18H,11H2,1-2H3,(H,21,25). The molecule has 1 N–H and O–H groups in total. The maximum atomic E-state index is 12.7. The molecule has 26 heavy (non-hydrogen) atoms. The van der Waals surface area contributed by atoms with E-state index in [1.807, 2.05) is 12.1 Å². The molecule has 0 bridgehead atoms. The molecule has 3 rings (SSSR count). The third-order valence-corrected chi connectivity index (χ3v) is 4.04. The van der Waals surface area contributed by atoms with E-state index in [4.69, 9.17) is 0 Å². The third kappa shape index (κ3) is 3.69. The number of carbonyl (C=O) groups excluding carboxylic acids is 3. The van der Waals surface area contributed by atoms with E-state index in [9.17, 15) is 14.4 Å². The first-order valence-electron chi connectivity index (χ1n) is 8.29. The highest BCUT2D eigenvalue weighted by atomic mass is 16.2. The second-order valence-electron chi connectivity index (χ2n) is 6.23. The second kappa shape index (κ2) is 7.31. The highest BCUT2D eigenvalue weighted by Gasteiger charge is 2.39. The molecule has 0 radical (unpaired) electrons. The zero-order valence-corrected chi connectivity index (χ0v) is 14.6. The number of hydrogen-bond acceptors (Lipinski definition) is 4. The quantitative estimate of drug-likeness (QED) is 0.843. The van der Waals surface area contributed by atoms with Crippen LogP contribution in [0.1, 0.15) is 19.4 Å². The van der Waals surface area contributed by atoms with E-state index < -0.39 is 11.8 Å². The number of ketones is 1. The van der Waals surface area contributed by atoms with Crippen LogP contribution in [-0.4, -0.2) is 23.3 Å². The van der Waals surface area contributed by atoms with Crippen molar-refractivity contribution >= 4 is 34.7 Å². The predicted octanol–water partition coefficient (Wildman–Crippen LogP) is 2.80. The summed E-state index contributed by atoms with van der Waals surface area (Å²) < 4.78 is 0. The van der Waals surface area contributed by atoms with Crippen LogP contribution in [0.5, 0.6) is 0 Å². The third-order valence-electron chi connectivity index (χ3n) is 4.04. The minimum atomic E-state index is -0.966. The van der Waals surface area contributed by atoms with Crippen molar-refractivity contribution in [1.29, 1.82) is 0 Å². The van der Waals surface area contributed by atoms with Gasteiger partial charge >= 0.3 is 0 Å². The molecule has 1 atom stereocenters. The molecule has 0 fully saturated rings. The molecule has 0 saturated carbocycles. The lowest BCUT2D eigenvalue weighted by Crippen LogP contribution is -2.36. The Bertz CT molecular complexity index is 890. The van der Waals surface area contributed by atoms with Crippen LogP contribution in [0.4, 0.5) is 11.4 Å². The number of nitrogens with one attached hydrogen (secondary N) is 1. The van der Waals surface area contributed by atoms with Crippen molar-refractivity contribution < 1.29 is 14.4 Å². The van der Waals surface area contributed by atoms with Crippen LogP contribution >= 0.6 is 0 Å². The number of nitrogens with zero attached hydrogens (tertiary/aromatic N) is 2. The van der Waals surface area contributed by atoms with E-state index in [0.717, 1.165) is 5.56 Å². The molecule has 2 aromatic carbocycles. The van der Waals surface area contributed by atoms with E-state index >= 15 is 0 Å². The number of benzene rings is 2. The average molecular weight is 349 g/mol. The molecular formula is C20H19N3O3. The molecule has 6 nitrogen and oxygen atoms in total. The van der Waals surface area contributed by atoms with Crippen molar-refractivity contribution in [2.75, 3.05) is 10.3 Å². The van der Waals surface area contributed by atoms with Gasteiger partial charge in [0.1, 0.15) is 5.78 Å². The predicted molar refractivity (Wildman–Crippen MR) is 100.0 cm³/mol.